The van der Waals surface area contributed by atoms with Crippen LogP contribution in [0, 0.1) is 0 Å². The lowest BCUT2D eigenvalue weighted by atomic mass is 9.82. The Morgan fingerprint density at radius 2 is 2.06 bits per heavy atom. The second kappa shape index (κ2) is 4.33. The molecule has 1 aromatic carbocycles. The lowest BCUT2D eigenvalue weighted by Crippen LogP contribution is -2.17. The number of aryl methyl sites for hydroxylation is 1. The van der Waals surface area contributed by atoms with Gasteiger partial charge in [-0.15, -0.1) is 0 Å². The minimum Gasteiger partial charge on any atom is -0.508 e. The van der Waals surface area contributed by atoms with Gasteiger partial charge in [-0.05, 0) is 48.6 Å². The number of aromatic nitrogens is 1. The van der Waals surface area contributed by atoms with Crippen molar-refractivity contribution in [2.45, 2.75) is 25.2 Å². The van der Waals surface area contributed by atoms with Crippen molar-refractivity contribution in [2.24, 2.45) is 0 Å². The Bertz CT molecular complexity index is 630. The topological polar surface area (TPSA) is 53.1 Å². The average molecular weight is 241 g/mol. The van der Waals surface area contributed by atoms with Crippen LogP contribution in [0.5, 0.6) is 5.75 Å². The van der Waals surface area contributed by atoms with Crippen LogP contribution in [0.4, 0.5) is 0 Å². The van der Waals surface area contributed by atoms with Crippen LogP contribution in [-0.2, 0) is 12.8 Å². The number of hydrogen-bond acceptors (Lipinski definition) is 2. The van der Waals surface area contributed by atoms with Crippen molar-refractivity contribution >= 4 is 0 Å². The Kier molecular flexibility index (Phi) is 2.67. The lowest BCUT2D eigenvalue weighted by molar-refractivity contribution is 0.472. The molecule has 0 saturated carbocycles. The molecule has 3 nitrogen and oxygen atoms in total. The van der Waals surface area contributed by atoms with E-state index in [-0.39, 0.29) is 5.56 Å². The standard InChI is InChI=1S/C15H15NO2/c17-13-7-6-10-8-12(5-4-11(10)9-13)14-2-1-3-15(18)16-14/h1-3,6-7,9,12,17H,4-5,8H2,(H,16,18). The quantitative estimate of drug-likeness (QED) is 0.805. The van der Waals surface area contributed by atoms with Gasteiger partial charge >= 0.3 is 0 Å². The first kappa shape index (κ1) is 11.1. The molecule has 1 unspecified atom stereocenters. The Morgan fingerprint density at radius 3 is 2.89 bits per heavy atom. The van der Waals surface area contributed by atoms with Crippen LogP contribution in [0.2, 0.25) is 0 Å². The molecule has 0 fully saturated rings. The van der Waals surface area contributed by atoms with Gasteiger partial charge < -0.3 is 10.1 Å². The maximum absolute atomic E-state index is 11.3. The van der Waals surface area contributed by atoms with Gasteiger partial charge in [0.25, 0.3) is 0 Å². The summed E-state index contributed by atoms with van der Waals surface area (Å²) in [4.78, 5) is 14.2. The van der Waals surface area contributed by atoms with E-state index in [1.807, 2.05) is 18.2 Å². The molecule has 1 aliphatic carbocycles. The molecule has 0 amide bonds. The van der Waals surface area contributed by atoms with E-state index < -0.39 is 0 Å². The van der Waals surface area contributed by atoms with Crippen molar-refractivity contribution in [3.8, 4) is 5.75 Å². The number of hydrogen-bond donors (Lipinski definition) is 2. The van der Waals surface area contributed by atoms with Crippen LogP contribution in [0.25, 0.3) is 0 Å². The highest BCUT2D eigenvalue weighted by molar-refractivity contribution is 5.38. The molecule has 0 radical (unpaired) electrons. The van der Waals surface area contributed by atoms with E-state index >= 15 is 0 Å². The average Bonchev–Trinajstić information content (AvgIpc) is 2.38. The third-order valence-corrected chi connectivity index (χ3v) is 3.65. The smallest absolute Gasteiger partial charge is 0.248 e. The first-order valence-electron chi connectivity index (χ1n) is 6.22. The van der Waals surface area contributed by atoms with Crippen molar-refractivity contribution < 1.29 is 5.11 Å². The van der Waals surface area contributed by atoms with Crippen LogP contribution >= 0.6 is 0 Å². The lowest BCUT2D eigenvalue weighted by Gasteiger charge is -2.24. The minimum absolute atomic E-state index is 0.0380. The van der Waals surface area contributed by atoms with E-state index in [1.54, 1.807) is 12.1 Å². The molecule has 18 heavy (non-hydrogen) atoms. The van der Waals surface area contributed by atoms with Gasteiger partial charge in [0, 0.05) is 17.7 Å². The minimum atomic E-state index is -0.0380. The Labute approximate surface area is 105 Å². The van der Waals surface area contributed by atoms with Gasteiger partial charge in [-0.2, -0.15) is 0 Å². The first-order chi connectivity index (χ1) is 8.72. The highest BCUT2D eigenvalue weighted by atomic mass is 16.3. The zero-order valence-corrected chi connectivity index (χ0v) is 10.0. The third kappa shape index (κ3) is 2.04. The Hall–Kier alpha value is -2.03. The molecule has 92 valence electrons. The number of aromatic hydroxyl groups is 1. The summed E-state index contributed by atoms with van der Waals surface area (Å²) < 4.78 is 0. The summed E-state index contributed by atoms with van der Waals surface area (Å²) in [5.74, 6) is 0.705. The summed E-state index contributed by atoms with van der Waals surface area (Å²) in [6.07, 6.45) is 2.89. The SMILES string of the molecule is O=c1cccc(C2CCc3cc(O)ccc3C2)[nH]1. The molecule has 3 rings (SSSR count). The normalized spacial score (nSPS) is 18.3. The van der Waals surface area contributed by atoms with Crippen molar-refractivity contribution in [2.75, 3.05) is 0 Å². The summed E-state index contributed by atoms with van der Waals surface area (Å²) in [6.45, 7) is 0. The number of H-pyrrole nitrogens is 1. The molecule has 1 heterocycles. The van der Waals surface area contributed by atoms with Gasteiger partial charge in [0.2, 0.25) is 5.56 Å². The summed E-state index contributed by atoms with van der Waals surface area (Å²) in [5.41, 5.74) is 3.48. The fourth-order valence-electron chi connectivity index (χ4n) is 2.71. The second-order valence-electron chi connectivity index (χ2n) is 4.86. The summed E-state index contributed by atoms with van der Waals surface area (Å²) in [6, 6.07) is 10.9. The van der Waals surface area contributed by atoms with Crippen molar-refractivity contribution in [3.63, 3.8) is 0 Å². The maximum Gasteiger partial charge on any atom is 0.248 e. The van der Waals surface area contributed by atoms with Gasteiger partial charge in [0.15, 0.2) is 0 Å². The highest BCUT2D eigenvalue weighted by Gasteiger charge is 2.20. The van der Waals surface area contributed by atoms with Gasteiger partial charge in [-0.25, -0.2) is 0 Å². The molecule has 1 aliphatic rings. The monoisotopic (exact) mass is 241 g/mol. The first-order valence-corrected chi connectivity index (χ1v) is 6.22. The van der Waals surface area contributed by atoms with E-state index in [0.717, 1.165) is 25.0 Å². The van der Waals surface area contributed by atoms with E-state index in [0.29, 0.717) is 11.7 Å². The van der Waals surface area contributed by atoms with Gasteiger partial charge in [0.05, 0.1) is 0 Å². The second-order valence-corrected chi connectivity index (χ2v) is 4.86. The molecular weight excluding hydrogens is 226 g/mol. The van der Waals surface area contributed by atoms with Crippen LogP contribution in [0.1, 0.15) is 29.2 Å². The molecule has 2 aromatic rings. The number of nitrogens with one attached hydrogen (secondary N) is 1. The number of rotatable bonds is 1. The predicted octanol–water partition coefficient (Wildman–Crippen LogP) is 2.35. The fraction of sp³-hybridized carbons (Fsp3) is 0.267. The Morgan fingerprint density at radius 1 is 1.17 bits per heavy atom. The number of aromatic amines is 1. The highest BCUT2D eigenvalue weighted by Crippen LogP contribution is 2.32. The molecule has 2 N–H and O–H groups in total. The van der Waals surface area contributed by atoms with Crippen LogP contribution in [0.3, 0.4) is 0 Å². The number of phenols is 1. The molecule has 3 heteroatoms. The van der Waals surface area contributed by atoms with Gasteiger partial charge in [-0.3, -0.25) is 4.79 Å². The zero-order valence-electron chi connectivity index (χ0n) is 10.0. The third-order valence-electron chi connectivity index (χ3n) is 3.65. The summed E-state index contributed by atoms with van der Waals surface area (Å²) >= 11 is 0. The summed E-state index contributed by atoms with van der Waals surface area (Å²) in [5, 5.41) is 9.46. The largest absolute Gasteiger partial charge is 0.508 e. The van der Waals surface area contributed by atoms with Crippen LogP contribution in [0.15, 0.2) is 41.2 Å². The van der Waals surface area contributed by atoms with E-state index in [1.165, 1.54) is 17.2 Å². The van der Waals surface area contributed by atoms with Crippen LogP contribution in [-0.4, -0.2) is 10.1 Å². The van der Waals surface area contributed by atoms with Gasteiger partial charge in [0.1, 0.15) is 5.75 Å². The molecule has 0 spiro atoms. The van der Waals surface area contributed by atoms with E-state index in [4.69, 9.17) is 0 Å². The van der Waals surface area contributed by atoms with Crippen molar-refractivity contribution in [1.29, 1.82) is 0 Å². The fourth-order valence-corrected chi connectivity index (χ4v) is 2.71. The van der Waals surface area contributed by atoms with Gasteiger partial charge in [-0.1, -0.05) is 12.1 Å². The molecule has 0 bridgehead atoms. The predicted molar refractivity (Wildman–Crippen MR) is 69.9 cm³/mol. The zero-order chi connectivity index (χ0) is 12.5. The van der Waals surface area contributed by atoms with Crippen molar-refractivity contribution in [3.05, 3.63) is 63.6 Å². The number of benzene rings is 1. The number of pyridine rings is 1. The molecule has 0 saturated heterocycles. The molecular formula is C15H15NO2. The maximum atomic E-state index is 11.3. The van der Waals surface area contributed by atoms with E-state index in [2.05, 4.69) is 4.98 Å². The molecule has 0 aliphatic heterocycles. The molecule has 1 aromatic heterocycles. The van der Waals surface area contributed by atoms with Crippen molar-refractivity contribution in [1.82, 2.24) is 4.98 Å². The van der Waals surface area contributed by atoms with Crippen LogP contribution < -0.4 is 5.56 Å². The molecule has 1 atom stereocenters. The van der Waals surface area contributed by atoms with E-state index in [9.17, 15) is 9.90 Å². The Balaban J connectivity index is 1.91. The summed E-state index contributed by atoms with van der Waals surface area (Å²) in [7, 11) is 0. The number of phenolic OH excluding ortho intramolecular Hbond substituents is 1. The number of fused-ring (bicyclic) bond motifs is 1.